The Bertz CT molecular complexity index is 736. The van der Waals surface area contributed by atoms with Crippen molar-refractivity contribution in [2.24, 2.45) is 5.41 Å². The standard InChI is InChI=1S/C16H26O.C15H24O/c1-2-3-4-5-6-7-8-9-15-10-12-16(14-17)13-11-15;1-14(2,3)11-15(4,5)13-8-6-12(10-16)7-9-13/h10-13,17H,2-9,14H2,1H3;6-9,16H,10-11H2,1-5H3. The van der Waals surface area contributed by atoms with Crippen molar-refractivity contribution in [3.8, 4) is 0 Å². The highest BCUT2D eigenvalue weighted by Gasteiger charge is 2.26. The third-order valence-corrected chi connectivity index (χ3v) is 6.16. The van der Waals surface area contributed by atoms with Crippen molar-refractivity contribution in [1.82, 2.24) is 0 Å². The zero-order valence-electron chi connectivity index (χ0n) is 22.3. The lowest BCUT2D eigenvalue weighted by Gasteiger charge is -2.33. The largest absolute Gasteiger partial charge is 0.392 e. The molecule has 0 saturated heterocycles. The Morgan fingerprint density at radius 2 is 1.00 bits per heavy atom. The minimum atomic E-state index is 0.125. The maximum Gasteiger partial charge on any atom is 0.0681 e. The summed E-state index contributed by atoms with van der Waals surface area (Å²) in [5.74, 6) is 0. The molecular weight excluding hydrogens is 404 g/mol. The number of aliphatic hydroxyl groups excluding tert-OH is 2. The highest BCUT2D eigenvalue weighted by atomic mass is 16.3. The Balaban J connectivity index is 0.000000331. The molecule has 2 aromatic rings. The Hall–Kier alpha value is -1.64. The molecule has 0 radical (unpaired) electrons. The molecule has 2 aromatic carbocycles. The topological polar surface area (TPSA) is 40.5 Å². The van der Waals surface area contributed by atoms with Gasteiger partial charge in [-0.2, -0.15) is 0 Å². The van der Waals surface area contributed by atoms with Gasteiger partial charge in [0.05, 0.1) is 13.2 Å². The molecule has 0 aliphatic heterocycles. The van der Waals surface area contributed by atoms with Gasteiger partial charge in [0.15, 0.2) is 0 Å². The van der Waals surface area contributed by atoms with Gasteiger partial charge in [0.25, 0.3) is 0 Å². The predicted molar refractivity (Wildman–Crippen MR) is 144 cm³/mol. The van der Waals surface area contributed by atoms with E-state index in [2.05, 4.69) is 65.8 Å². The van der Waals surface area contributed by atoms with E-state index in [0.717, 1.165) is 17.5 Å². The van der Waals surface area contributed by atoms with Crippen LogP contribution in [0.15, 0.2) is 48.5 Å². The zero-order chi connectivity index (χ0) is 24.7. The summed E-state index contributed by atoms with van der Waals surface area (Å²) >= 11 is 0. The molecule has 2 rings (SSSR count). The molecule has 0 aliphatic carbocycles. The van der Waals surface area contributed by atoms with E-state index in [9.17, 15) is 0 Å². The molecular formula is C31H50O2. The van der Waals surface area contributed by atoms with Gasteiger partial charge in [0.2, 0.25) is 0 Å². The van der Waals surface area contributed by atoms with E-state index in [1.54, 1.807) is 0 Å². The van der Waals surface area contributed by atoms with E-state index >= 15 is 0 Å². The van der Waals surface area contributed by atoms with Gasteiger partial charge in [-0.25, -0.2) is 0 Å². The smallest absolute Gasteiger partial charge is 0.0681 e. The summed E-state index contributed by atoms with van der Waals surface area (Å²) in [6.45, 7) is 13.9. The summed E-state index contributed by atoms with van der Waals surface area (Å²) < 4.78 is 0. The van der Waals surface area contributed by atoms with Gasteiger partial charge in [-0.1, -0.05) is 129 Å². The van der Waals surface area contributed by atoms with Crippen LogP contribution in [0.3, 0.4) is 0 Å². The molecule has 2 N–H and O–H groups in total. The maximum absolute atomic E-state index is 9.02. The van der Waals surface area contributed by atoms with Gasteiger partial charge in [-0.3, -0.25) is 0 Å². The van der Waals surface area contributed by atoms with E-state index in [-0.39, 0.29) is 18.6 Å². The molecule has 0 fully saturated rings. The predicted octanol–water partition coefficient (Wildman–Crippen LogP) is 8.36. The third kappa shape index (κ3) is 13.0. The summed E-state index contributed by atoms with van der Waals surface area (Å²) in [4.78, 5) is 0. The molecule has 0 unspecified atom stereocenters. The van der Waals surface area contributed by atoms with Gasteiger partial charge in [0.1, 0.15) is 0 Å². The van der Waals surface area contributed by atoms with Crippen molar-refractivity contribution in [3.63, 3.8) is 0 Å². The zero-order valence-corrected chi connectivity index (χ0v) is 22.3. The lowest BCUT2D eigenvalue weighted by atomic mass is 9.72. The van der Waals surface area contributed by atoms with Gasteiger partial charge >= 0.3 is 0 Å². The summed E-state index contributed by atoms with van der Waals surface area (Å²) in [7, 11) is 0. The molecule has 0 heterocycles. The van der Waals surface area contributed by atoms with Crippen LogP contribution in [0, 0.1) is 5.41 Å². The first-order valence-electron chi connectivity index (χ1n) is 13.0. The van der Waals surface area contributed by atoms with E-state index in [1.165, 1.54) is 62.5 Å². The molecule has 0 bridgehead atoms. The van der Waals surface area contributed by atoms with Gasteiger partial charge in [-0.05, 0) is 52.3 Å². The first-order valence-corrected chi connectivity index (χ1v) is 13.0. The number of unbranched alkanes of at least 4 members (excludes halogenated alkanes) is 6. The Morgan fingerprint density at radius 1 is 0.576 bits per heavy atom. The van der Waals surface area contributed by atoms with Crippen molar-refractivity contribution in [2.45, 2.75) is 118 Å². The minimum absolute atomic E-state index is 0.125. The summed E-state index contributed by atoms with van der Waals surface area (Å²) in [5.41, 5.74) is 5.25. The SMILES string of the molecule is CC(C)(C)CC(C)(C)c1ccc(CO)cc1.CCCCCCCCCc1ccc(CO)cc1. The molecule has 0 amide bonds. The van der Waals surface area contributed by atoms with Gasteiger partial charge in [0, 0.05) is 0 Å². The van der Waals surface area contributed by atoms with E-state index in [1.807, 2.05) is 24.3 Å². The summed E-state index contributed by atoms with van der Waals surface area (Å²) in [6.07, 6.45) is 11.9. The number of hydrogen-bond acceptors (Lipinski definition) is 2. The maximum atomic E-state index is 9.02. The van der Waals surface area contributed by atoms with Crippen LogP contribution in [0.2, 0.25) is 0 Å². The fraction of sp³-hybridized carbons (Fsp3) is 0.613. The lowest BCUT2D eigenvalue weighted by Crippen LogP contribution is -2.24. The average molecular weight is 455 g/mol. The first kappa shape index (κ1) is 29.4. The van der Waals surface area contributed by atoms with E-state index in [4.69, 9.17) is 10.2 Å². The minimum Gasteiger partial charge on any atom is -0.392 e. The highest BCUT2D eigenvalue weighted by molar-refractivity contribution is 5.28. The fourth-order valence-electron chi connectivity index (χ4n) is 4.59. The van der Waals surface area contributed by atoms with Gasteiger partial charge in [-0.15, -0.1) is 0 Å². The van der Waals surface area contributed by atoms with Crippen molar-refractivity contribution in [2.75, 3.05) is 0 Å². The normalized spacial score (nSPS) is 11.8. The number of rotatable bonds is 12. The van der Waals surface area contributed by atoms with Crippen LogP contribution in [0.5, 0.6) is 0 Å². The number of aliphatic hydroxyl groups is 2. The molecule has 186 valence electrons. The summed E-state index contributed by atoms with van der Waals surface area (Å²) in [6, 6.07) is 16.6. The van der Waals surface area contributed by atoms with Crippen molar-refractivity contribution >= 4 is 0 Å². The molecule has 2 heteroatoms. The Morgan fingerprint density at radius 3 is 1.45 bits per heavy atom. The second kappa shape index (κ2) is 15.3. The second-order valence-corrected chi connectivity index (χ2v) is 11.3. The molecule has 33 heavy (non-hydrogen) atoms. The van der Waals surface area contributed by atoms with Crippen LogP contribution in [0.25, 0.3) is 0 Å². The highest BCUT2D eigenvalue weighted by Crippen LogP contribution is 2.36. The van der Waals surface area contributed by atoms with Crippen LogP contribution in [0.1, 0.15) is 115 Å². The fourth-order valence-corrected chi connectivity index (χ4v) is 4.59. The van der Waals surface area contributed by atoms with Crippen molar-refractivity contribution < 1.29 is 10.2 Å². The monoisotopic (exact) mass is 454 g/mol. The van der Waals surface area contributed by atoms with E-state index < -0.39 is 0 Å². The van der Waals surface area contributed by atoms with Crippen molar-refractivity contribution in [1.29, 1.82) is 0 Å². The van der Waals surface area contributed by atoms with Crippen molar-refractivity contribution in [3.05, 3.63) is 70.8 Å². The quantitative estimate of drug-likeness (QED) is 0.316. The Kier molecular flexibility index (Phi) is 13.6. The van der Waals surface area contributed by atoms with Crippen LogP contribution in [0.4, 0.5) is 0 Å². The average Bonchev–Trinajstić information content (AvgIpc) is 2.78. The van der Waals surface area contributed by atoms with Crippen LogP contribution < -0.4 is 0 Å². The summed E-state index contributed by atoms with van der Waals surface area (Å²) in [5, 5.41) is 18.0. The molecule has 0 atom stereocenters. The first-order chi connectivity index (χ1) is 15.6. The number of benzene rings is 2. The third-order valence-electron chi connectivity index (χ3n) is 6.16. The van der Waals surface area contributed by atoms with Crippen LogP contribution in [-0.2, 0) is 25.0 Å². The Labute approximate surface area is 204 Å². The molecule has 0 aromatic heterocycles. The molecule has 2 nitrogen and oxygen atoms in total. The van der Waals surface area contributed by atoms with E-state index in [0.29, 0.717) is 5.41 Å². The molecule has 0 spiro atoms. The molecule has 0 saturated carbocycles. The van der Waals surface area contributed by atoms with Gasteiger partial charge < -0.3 is 10.2 Å². The lowest BCUT2D eigenvalue weighted by molar-refractivity contribution is 0.279. The second-order valence-electron chi connectivity index (χ2n) is 11.3. The molecule has 0 aliphatic rings. The van der Waals surface area contributed by atoms with Crippen LogP contribution >= 0.6 is 0 Å². The number of hydrogen-bond donors (Lipinski definition) is 2. The van der Waals surface area contributed by atoms with Crippen LogP contribution in [-0.4, -0.2) is 10.2 Å². The number of aryl methyl sites for hydroxylation is 1.